The number of hydrogen-bond donors (Lipinski definition) is 5. The molecule has 1 aromatic heterocycles. The van der Waals surface area contributed by atoms with Crippen LogP contribution in [0.2, 0.25) is 0 Å². The maximum Gasteiger partial charge on any atom is 0.307 e. The van der Waals surface area contributed by atoms with Crippen LogP contribution in [-0.4, -0.2) is 33.4 Å². The SMILES string of the molecule is COc1c(NC(=O)c2ccc(C)c(N(N)/C=C(\N)c3cnc(Cc4ccccc4)n3C)c2)cc(C(C)(C)C)cc1N[S+](C)(=O)O. The highest BCUT2D eigenvalue weighted by Gasteiger charge is 2.26. The number of benzene rings is 3. The first-order valence-corrected chi connectivity index (χ1v) is 16.2. The van der Waals surface area contributed by atoms with Gasteiger partial charge in [-0.15, -0.1) is 0 Å². The number of aromatic nitrogens is 2. The molecule has 7 N–H and O–H groups in total. The molecule has 3 aromatic carbocycles. The number of nitrogens with zero attached hydrogens (tertiary/aromatic N) is 3. The van der Waals surface area contributed by atoms with Gasteiger partial charge in [0.05, 0.1) is 36.1 Å². The molecule has 4 rings (SSSR count). The van der Waals surface area contributed by atoms with Crippen molar-refractivity contribution in [2.45, 2.75) is 39.5 Å². The topological polar surface area (TPSA) is 161 Å². The predicted octanol–water partition coefficient (Wildman–Crippen LogP) is 5.44. The fraction of sp³-hybridized carbons (Fsp3) is 0.273. The van der Waals surface area contributed by atoms with Gasteiger partial charge in [0.15, 0.2) is 12.0 Å². The summed E-state index contributed by atoms with van der Waals surface area (Å²) in [5.74, 6) is 7.13. The third-order valence-corrected chi connectivity index (χ3v) is 7.92. The number of carbonyl (C=O) groups is 1. The van der Waals surface area contributed by atoms with Gasteiger partial charge < -0.3 is 20.4 Å². The highest BCUT2D eigenvalue weighted by Crippen LogP contribution is 2.39. The lowest BCUT2D eigenvalue weighted by atomic mass is 9.86. The van der Waals surface area contributed by atoms with Crippen molar-refractivity contribution in [3.8, 4) is 5.75 Å². The van der Waals surface area contributed by atoms with Crippen LogP contribution in [-0.2, 0) is 33.5 Å². The molecule has 0 bridgehead atoms. The van der Waals surface area contributed by atoms with Gasteiger partial charge >= 0.3 is 10.4 Å². The zero-order chi connectivity index (χ0) is 33.1. The van der Waals surface area contributed by atoms with Crippen LogP contribution in [0.5, 0.6) is 5.75 Å². The summed E-state index contributed by atoms with van der Waals surface area (Å²) in [6.07, 6.45) is 5.13. The second-order valence-corrected chi connectivity index (χ2v) is 13.8. The van der Waals surface area contributed by atoms with Crippen molar-refractivity contribution >= 4 is 39.1 Å². The van der Waals surface area contributed by atoms with Crippen LogP contribution in [0.4, 0.5) is 17.1 Å². The minimum atomic E-state index is -3.37. The summed E-state index contributed by atoms with van der Waals surface area (Å²) in [6.45, 7) is 7.89. The highest BCUT2D eigenvalue weighted by atomic mass is 32.3. The molecule has 238 valence electrons. The lowest BCUT2D eigenvalue weighted by molar-refractivity contribution is 0.102. The lowest BCUT2D eigenvalue weighted by Crippen LogP contribution is -2.27. The van der Waals surface area contributed by atoms with Crippen LogP contribution in [0.25, 0.3) is 5.70 Å². The molecule has 0 aliphatic carbocycles. The monoisotopic (exact) mass is 632 g/mol. The summed E-state index contributed by atoms with van der Waals surface area (Å²) in [5.41, 5.74) is 11.6. The van der Waals surface area contributed by atoms with E-state index < -0.39 is 16.3 Å². The van der Waals surface area contributed by atoms with E-state index in [1.807, 2.05) is 69.6 Å². The van der Waals surface area contributed by atoms with E-state index in [1.54, 1.807) is 42.7 Å². The zero-order valence-electron chi connectivity index (χ0n) is 26.7. The normalized spacial score (nSPS) is 13.2. The Balaban J connectivity index is 1.61. The van der Waals surface area contributed by atoms with Crippen molar-refractivity contribution in [2.24, 2.45) is 18.6 Å². The fourth-order valence-electron chi connectivity index (χ4n) is 4.82. The molecule has 0 aliphatic rings. The van der Waals surface area contributed by atoms with Crippen LogP contribution in [0, 0.1) is 6.92 Å². The molecule has 0 fully saturated rings. The number of aryl methyl sites for hydroxylation is 1. The van der Waals surface area contributed by atoms with E-state index in [9.17, 15) is 13.6 Å². The molecule has 0 saturated heterocycles. The lowest BCUT2D eigenvalue weighted by Gasteiger charge is -2.23. The maximum absolute atomic E-state index is 13.6. The number of methoxy groups -OCH3 is 1. The van der Waals surface area contributed by atoms with E-state index in [4.69, 9.17) is 16.3 Å². The van der Waals surface area contributed by atoms with Gasteiger partial charge in [-0.1, -0.05) is 57.2 Å². The van der Waals surface area contributed by atoms with Crippen LogP contribution in [0.3, 0.4) is 0 Å². The van der Waals surface area contributed by atoms with E-state index in [1.165, 1.54) is 18.4 Å². The minimum Gasteiger partial charge on any atom is -0.492 e. The molecule has 45 heavy (non-hydrogen) atoms. The first-order chi connectivity index (χ1) is 21.1. The average Bonchev–Trinajstić information content (AvgIpc) is 3.31. The molecule has 1 atom stereocenters. The van der Waals surface area contributed by atoms with Crippen LogP contribution >= 0.6 is 0 Å². The molecule has 1 heterocycles. The van der Waals surface area contributed by atoms with Crippen molar-refractivity contribution < 1.29 is 18.3 Å². The molecule has 12 heteroatoms. The van der Waals surface area contributed by atoms with Gasteiger partial charge in [-0.2, -0.15) is 9.27 Å². The number of amides is 1. The summed E-state index contributed by atoms with van der Waals surface area (Å²) >= 11 is 0. The molecule has 0 aliphatic heterocycles. The standard InChI is InChI=1S/C33H41N7O4S/c1-21-13-14-23(32(41)37-26-17-24(33(2,3)4)18-27(31(26)44-6)38-45(7,42)43)16-28(21)40(35)20-25(34)29-19-36-30(39(29)5)15-22-11-9-8-10-12-22/h8-14,16-20H,15,34-35H2,1-7H3,(H2-,37,38,41,42,43)/p+1/b25-20-. The quantitative estimate of drug-likeness (QED) is 0.0877. The Labute approximate surface area is 265 Å². The average molecular weight is 633 g/mol. The first-order valence-electron chi connectivity index (χ1n) is 14.3. The van der Waals surface area contributed by atoms with Crippen molar-refractivity contribution in [2.75, 3.05) is 28.4 Å². The molecule has 1 amide bonds. The van der Waals surface area contributed by atoms with Crippen molar-refractivity contribution in [1.82, 2.24) is 9.55 Å². The molecule has 11 nitrogen and oxygen atoms in total. The molecule has 0 saturated carbocycles. The van der Waals surface area contributed by atoms with E-state index in [0.29, 0.717) is 34.8 Å². The van der Waals surface area contributed by atoms with Crippen LogP contribution in [0.1, 0.15) is 59.3 Å². The Morgan fingerprint density at radius 2 is 1.80 bits per heavy atom. The van der Waals surface area contributed by atoms with E-state index in [-0.39, 0.29) is 16.9 Å². The number of carbonyl (C=O) groups excluding carboxylic acids is 1. The Bertz CT molecular complexity index is 1770. The van der Waals surface area contributed by atoms with Crippen LogP contribution < -0.4 is 31.4 Å². The molecule has 0 radical (unpaired) electrons. The number of anilines is 3. The number of hydrogen-bond acceptors (Lipinski definition) is 7. The zero-order valence-corrected chi connectivity index (χ0v) is 27.5. The number of hydrazine groups is 1. The first kappa shape index (κ1) is 33.2. The van der Waals surface area contributed by atoms with Crippen LogP contribution in [0.15, 0.2) is 73.1 Å². The number of rotatable bonds is 10. The molecular weight excluding hydrogens is 590 g/mol. The summed E-state index contributed by atoms with van der Waals surface area (Å²) in [7, 11) is -0.0319. The molecule has 0 spiro atoms. The van der Waals surface area contributed by atoms with Crippen molar-refractivity contribution in [3.63, 3.8) is 0 Å². The summed E-state index contributed by atoms with van der Waals surface area (Å²) in [5, 5.41) is 4.29. The van der Waals surface area contributed by atoms with Crippen molar-refractivity contribution in [1.29, 1.82) is 0 Å². The Hall–Kier alpha value is -4.65. The minimum absolute atomic E-state index is 0.228. The third kappa shape index (κ3) is 8.09. The largest absolute Gasteiger partial charge is 0.492 e. The number of imidazole rings is 1. The van der Waals surface area contributed by atoms with Gasteiger partial charge in [0.1, 0.15) is 11.5 Å². The molecule has 1 unspecified atom stereocenters. The van der Waals surface area contributed by atoms with Gasteiger partial charge in [0.2, 0.25) is 0 Å². The van der Waals surface area contributed by atoms with Gasteiger partial charge in [0, 0.05) is 25.2 Å². The number of nitrogens with one attached hydrogen (secondary N) is 2. The second kappa shape index (κ2) is 13.1. The van der Waals surface area contributed by atoms with Gasteiger partial charge in [0.25, 0.3) is 5.91 Å². The van der Waals surface area contributed by atoms with E-state index in [0.717, 1.165) is 22.5 Å². The van der Waals surface area contributed by atoms with Gasteiger partial charge in [-0.25, -0.2) is 10.8 Å². The summed E-state index contributed by atoms with van der Waals surface area (Å²) in [4.78, 5) is 18.1. The summed E-state index contributed by atoms with van der Waals surface area (Å²) < 4.78 is 32.3. The predicted molar refractivity (Wildman–Crippen MR) is 182 cm³/mol. The number of nitrogens with two attached hydrogens (primary N) is 2. The Morgan fingerprint density at radius 1 is 1.13 bits per heavy atom. The van der Waals surface area contributed by atoms with Gasteiger partial charge in [-0.05, 0) is 57.5 Å². The van der Waals surface area contributed by atoms with E-state index in [2.05, 4.69) is 15.0 Å². The smallest absolute Gasteiger partial charge is 0.307 e. The highest BCUT2D eigenvalue weighted by molar-refractivity contribution is 7.98. The summed E-state index contributed by atoms with van der Waals surface area (Å²) in [6, 6.07) is 18.8. The maximum atomic E-state index is 13.6. The van der Waals surface area contributed by atoms with Gasteiger partial charge in [-0.3, -0.25) is 9.80 Å². The third-order valence-electron chi connectivity index (χ3n) is 7.32. The Kier molecular flexibility index (Phi) is 9.71. The second-order valence-electron chi connectivity index (χ2n) is 12.0. The Morgan fingerprint density at radius 3 is 2.42 bits per heavy atom. The van der Waals surface area contributed by atoms with Crippen molar-refractivity contribution in [3.05, 3.63) is 107 Å². The molecular formula is C33H42N7O4S+. The molecule has 4 aromatic rings. The van der Waals surface area contributed by atoms with E-state index >= 15 is 0 Å². The number of ether oxygens (including phenoxy) is 1. The fourth-order valence-corrected chi connectivity index (χ4v) is 5.38.